The van der Waals surface area contributed by atoms with Crippen molar-refractivity contribution in [2.45, 2.75) is 46.6 Å². The summed E-state index contributed by atoms with van der Waals surface area (Å²) in [6, 6.07) is 11.1. The van der Waals surface area contributed by atoms with Gasteiger partial charge in [-0.25, -0.2) is 4.98 Å². The lowest BCUT2D eigenvalue weighted by atomic mass is 9.95. The number of pyridine rings is 1. The number of aryl methyl sites for hydroxylation is 2. The summed E-state index contributed by atoms with van der Waals surface area (Å²) in [6.07, 6.45) is 1.08. The maximum absolute atomic E-state index is 4.93. The zero-order chi connectivity index (χ0) is 20.1. The highest BCUT2D eigenvalue weighted by Crippen LogP contribution is 2.39. The first kappa shape index (κ1) is 18.5. The molecule has 0 unspecified atom stereocenters. The molecule has 4 aromatic rings. The van der Waals surface area contributed by atoms with E-state index < -0.39 is 0 Å². The number of rotatable bonds is 3. The van der Waals surface area contributed by atoms with E-state index in [0.717, 1.165) is 35.9 Å². The van der Waals surface area contributed by atoms with E-state index in [1.807, 2.05) is 11.3 Å². The molecule has 0 amide bonds. The van der Waals surface area contributed by atoms with Crippen molar-refractivity contribution in [3.05, 3.63) is 57.9 Å². The van der Waals surface area contributed by atoms with Gasteiger partial charge in [-0.3, -0.25) is 4.98 Å². The highest BCUT2D eigenvalue weighted by Gasteiger charge is 2.19. The normalized spacial score (nSPS) is 14.0. The molecule has 148 valence electrons. The van der Waals surface area contributed by atoms with Crippen LogP contribution < -0.4 is 5.32 Å². The Morgan fingerprint density at radius 1 is 1.00 bits per heavy atom. The first-order valence-corrected chi connectivity index (χ1v) is 11.1. The zero-order valence-corrected chi connectivity index (χ0v) is 18.2. The van der Waals surface area contributed by atoms with Crippen molar-refractivity contribution in [2.24, 2.45) is 0 Å². The van der Waals surface area contributed by atoms with Crippen LogP contribution in [0.1, 0.15) is 47.3 Å². The molecule has 0 saturated heterocycles. The van der Waals surface area contributed by atoms with Crippen LogP contribution in [0.2, 0.25) is 0 Å². The molecule has 0 saturated carbocycles. The van der Waals surface area contributed by atoms with E-state index in [1.165, 1.54) is 43.9 Å². The molecule has 1 aliphatic rings. The molecule has 2 N–H and O–H groups in total. The topological polar surface area (TPSA) is 53.6 Å². The second-order valence-electron chi connectivity index (χ2n) is 8.28. The third-order valence-corrected chi connectivity index (χ3v) is 6.84. The second-order valence-corrected chi connectivity index (χ2v) is 9.37. The molecule has 5 rings (SSSR count). The minimum absolute atomic E-state index is 0.413. The van der Waals surface area contributed by atoms with Gasteiger partial charge >= 0.3 is 0 Å². The SMILES string of the molecule is Cc1cc(-c2[nH]c3ccc(-c4nc5c(s4)CCNC5)cc3c2C(C)C)cc(C)n1. The van der Waals surface area contributed by atoms with E-state index in [9.17, 15) is 0 Å². The lowest BCUT2D eigenvalue weighted by Gasteiger charge is -2.10. The molecule has 0 atom stereocenters. The van der Waals surface area contributed by atoms with Gasteiger partial charge in [0, 0.05) is 51.4 Å². The van der Waals surface area contributed by atoms with Gasteiger partial charge in [0.05, 0.1) is 11.4 Å². The highest BCUT2D eigenvalue weighted by molar-refractivity contribution is 7.15. The lowest BCUT2D eigenvalue weighted by Crippen LogP contribution is -2.22. The van der Waals surface area contributed by atoms with Gasteiger partial charge in [-0.2, -0.15) is 0 Å². The van der Waals surface area contributed by atoms with Crippen molar-refractivity contribution in [1.82, 2.24) is 20.3 Å². The summed E-state index contributed by atoms with van der Waals surface area (Å²) in [6.45, 7) is 10.6. The first-order chi connectivity index (χ1) is 14.0. The van der Waals surface area contributed by atoms with Crippen molar-refractivity contribution in [1.29, 1.82) is 0 Å². The number of H-pyrrole nitrogens is 1. The van der Waals surface area contributed by atoms with Crippen molar-refractivity contribution in [2.75, 3.05) is 6.54 Å². The molecule has 0 fully saturated rings. The first-order valence-electron chi connectivity index (χ1n) is 10.3. The van der Waals surface area contributed by atoms with Crippen LogP contribution in [0.25, 0.3) is 32.7 Å². The third kappa shape index (κ3) is 3.28. The standard InChI is InChI=1S/C24H26N4S/c1-13(2)22-18-11-16(24-28-20-12-25-8-7-21(20)29-24)5-6-19(18)27-23(22)17-9-14(3)26-15(4)10-17/h5-6,9-11,13,25,27H,7-8,12H2,1-4H3. The van der Waals surface area contributed by atoms with Gasteiger partial charge in [-0.1, -0.05) is 13.8 Å². The van der Waals surface area contributed by atoms with Crippen molar-refractivity contribution >= 4 is 22.2 Å². The molecular formula is C24H26N4S. The van der Waals surface area contributed by atoms with Crippen molar-refractivity contribution in [3.8, 4) is 21.8 Å². The molecule has 0 bridgehead atoms. The number of benzene rings is 1. The number of nitrogens with one attached hydrogen (secondary N) is 2. The molecule has 0 radical (unpaired) electrons. The molecular weight excluding hydrogens is 376 g/mol. The number of aromatic nitrogens is 3. The molecule has 1 aromatic carbocycles. The predicted molar refractivity (Wildman–Crippen MR) is 122 cm³/mol. The second kappa shape index (κ2) is 7.08. The van der Waals surface area contributed by atoms with E-state index in [2.05, 4.69) is 73.3 Å². The molecule has 4 nitrogen and oxygen atoms in total. The van der Waals surface area contributed by atoms with Gasteiger partial charge in [0.1, 0.15) is 5.01 Å². The fourth-order valence-corrected chi connectivity index (χ4v) is 5.47. The van der Waals surface area contributed by atoms with E-state index in [4.69, 9.17) is 4.98 Å². The smallest absolute Gasteiger partial charge is 0.123 e. The van der Waals surface area contributed by atoms with Gasteiger partial charge < -0.3 is 10.3 Å². The van der Waals surface area contributed by atoms with Crippen LogP contribution in [-0.4, -0.2) is 21.5 Å². The van der Waals surface area contributed by atoms with Crippen LogP contribution >= 0.6 is 11.3 Å². The van der Waals surface area contributed by atoms with Crippen LogP contribution in [0.15, 0.2) is 30.3 Å². The molecule has 3 aromatic heterocycles. The van der Waals surface area contributed by atoms with Gasteiger partial charge in [-0.05, 0) is 62.1 Å². The van der Waals surface area contributed by atoms with Gasteiger partial charge in [0.25, 0.3) is 0 Å². The molecule has 5 heteroatoms. The Morgan fingerprint density at radius 2 is 1.79 bits per heavy atom. The summed E-state index contributed by atoms with van der Waals surface area (Å²) in [4.78, 5) is 14.6. The number of hydrogen-bond donors (Lipinski definition) is 2. The quantitative estimate of drug-likeness (QED) is 0.459. The van der Waals surface area contributed by atoms with E-state index >= 15 is 0 Å². The Balaban J connectivity index is 1.67. The summed E-state index contributed by atoms with van der Waals surface area (Å²) in [5, 5.41) is 5.85. The van der Waals surface area contributed by atoms with Crippen LogP contribution in [0.4, 0.5) is 0 Å². The zero-order valence-electron chi connectivity index (χ0n) is 17.4. The monoisotopic (exact) mass is 402 g/mol. The summed E-state index contributed by atoms with van der Waals surface area (Å²) < 4.78 is 0. The molecule has 0 spiro atoms. The summed E-state index contributed by atoms with van der Waals surface area (Å²) in [5.41, 5.74) is 9.52. The van der Waals surface area contributed by atoms with Crippen LogP contribution in [0, 0.1) is 13.8 Å². The van der Waals surface area contributed by atoms with E-state index in [-0.39, 0.29) is 0 Å². The van der Waals surface area contributed by atoms with Crippen LogP contribution in [-0.2, 0) is 13.0 Å². The fraction of sp³-hybridized carbons (Fsp3) is 0.333. The Labute approximate surface area is 175 Å². The average Bonchev–Trinajstić information content (AvgIpc) is 3.28. The summed E-state index contributed by atoms with van der Waals surface area (Å²) >= 11 is 1.85. The van der Waals surface area contributed by atoms with Crippen molar-refractivity contribution < 1.29 is 0 Å². The number of hydrogen-bond acceptors (Lipinski definition) is 4. The minimum atomic E-state index is 0.413. The Morgan fingerprint density at radius 3 is 2.52 bits per heavy atom. The maximum Gasteiger partial charge on any atom is 0.123 e. The number of nitrogens with zero attached hydrogens (tertiary/aromatic N) is 2. The highest BCUT2D eigenvalue weighted by atomic mass is 32.1. The Bertz CT molecular complexity index is 1170. The summed E-state index contributed by atoms with van der Waals surface area (Å²) in [5.74, 6) is 0.413. The number of fused-ring (bicyclic) bond motifs is 2. The molecule has 1 aliphatic heterocycles. The van der Waals surface area contributed by atoms with Gasteiger partial charge in [0.15, 0.2) is 0 Å². The van der Waals surface area contributed by atoms with Gasteiger partial charge in [-0.15, -0.1) is 11.3 Å². The van der Waals surface area contributed by atoms with Crippen LogP contribution in [0.3, 0.4) is 0 Å². The minimum Gasteiger partial charge on any atom is -0.354 e. The summed E-state index contributed by atoms with van der Waals surface area (Å²) in [7, 11) is 0. The fourth-order valence-electron chi connectivity index (χ4n) is 4.40. The van der Waals surface area contributed by atoms with Crippen molar-refractivity contribution in [3.63, 3.8) is 0 Å². The predicted octanol–water partition coefficient (Wildman–Crippen LogP) is 5.74. The maximum atomic E-state index is 4.93. The Kier molecular flexibility index (Phi) is 4.52. The molecule has 29 heavy (non-hydrogen) atoms. The average molecular weight is 403 g/mol. The lowest BCUT2D eigenvalue weighted by molar-refractivity contribution is 0.639. The van der Waals surface area contributed by atoms with E-state index in [1.54, 1.807) is 0 Å². The number of thiazole rings is 1. The van der Waals surface area contributed by atoms with Gasteiger partial charge in [0.2, 0.25) is 0 Å². The molecule has 0 aliphatic carbocycles. The molecule has 4 heterocycles. The third-order valence-electron chi connectivity index (χ3n) is 5.63. The van der Waals surface area contributed by atoms with E-state index in [0.29, 0.717) is 5.92 Å². The number of aromatic amines is 1. The van der Waals surface area contributed by atoms with Crippen LogP contribution in [0.5, 0.6) is 0 Å². The Hall–Kier alpha value is -2.50. The largest absolute Gasteiger partial charge is 0.354 e.